The molecule has 0 radical (unpaired) electrons. The van der Waals surface area contributed by atoms with E-state index < -0.39 is 11.2 Å². The van der Waals surface area contributed by atoms with Crippen molar-refractivity contribution in [3.8, 4) is 0 Å². The lowest BCUT2D eigenvalue weighted by molar-refractivity contribution is 0.0492. The minimum atomic E-state index is -0.852. The number of halogens is 1. The van der Waals surface area contributed by atoms with Crippen molar-refractivity contribution in [2.75, 3.05) is 0 Å². The second-order valence-electron chi connectivity index (χ2n) is 7.11. The molecule has 0 amide bonds. The van der Waals surface area contributed by atoms with Crippen LogP contribution in [0, 0.1) is 5.82 Å². The van der Waals surface area contributed by atoms with Gasteiger partial charge in [-0.2, -0.15) is 0 Å². The van der Waals surface area contributed by atoms with Crippen molar-refractivity contribution in [3.63, 3.8) is 0 Å². The van der Waals surface area contributed by atoms with Gasteiger partial charge < -0.3 is 9.94 Å². The Balaban J connectivity index is 1.95. The summed E-state index contributed by atoms with van der Waals surface area (Å²) in [4.78, 5) is 25.2. The first kappa shape index (κ1) is 20.5. The van der Waals surface area contributed by atoms with Crippen LogP contribution in [0.3, 0.4) is 0 Å². The number of aromatic nitrogens is 2. The summed E-state index contributed by atoms with van der Waals surface area (Å²) in [6.45, 7) is 3.76. The van der Waals surface area contributed by atoms with Gasteiger partial charge >= 0.3 is 5.69 Å². The van der Waals surface area contributed by atoms with Gasteiger partial charge in [-0.05, 0) is 29.2 Å². The minimum Gasteiger partial charge on any atom is -0.421 e. The maximum absolute atomic E-state index is 13.0. The molecule has 0 saturated carbocycles. The predicted molar refractivity (Wildman–Crippen MR) is 107 cm³/mol. The zero-order chi connectivity index (χ0) is 21.0. The molecule has 3 rings (SSSR count). The van der Waals surface area contributed by atoms with E-state index in [2.05, 4.69) is 0 Å². The Morgan fingerprint density at radius 3 is 2.28 bits per heavy atom. The number of hydrogen-bond acceptors (Lipinski definition) is 4. The van der Waals surface area contributed by atoms with Gasteiger partial charge in [0.25, 0.3) is 5.56 Å². The Hall–Kier alpha value is -3.19. The van der Waals surface area contributed by atoms with Gasteiger partial charge in [0, 0.05) is 17.7 Å². The van der Waals surface area contributed by atoms with Crippen LogP contribution >= 0.6 is 0 Å². The van der Waals surface area contributed by atoms with Crippen molar-refractivity contribution < 1.29 is 14.3 Å². The van der Waals surface area contributed by atoms with Crippen molar-refractivity contribution in [3.05, 3.63) is 104 Å². The maximum Gasteiger partial charge on any atom is 0.366 e. The van der Waals surface area contributed by atoms with Gasteiger partial charge in [-0.15, -0.1) is 0 Å². The average molecular weight is 398 g/mol. The standard InChI is InChI=1S/C22H23FN2O4/c1-15(2)20-19(12-16-6-4-3-5-7-16)21(26)25(28)22(27)24(20)14-29-13-17-8-10-18(23)11-9-17/h3-11,15,28H,12-14H2,1-2H3. The summed E-state index contributed by atoms with van der Waals surface area (Å²) in [6.07, 6.45) is 0.284. The highest BCUT2D eigenvalue weighted by Gasteiger charge is 2.21. The van der Waals surface area contributed by atoms with Crippen molar-refractivity contribution in [1.82, 2.24) is 9.30 Å². The molecule has 1 heterocycles. The van der Waals surface area contributed by atoms with Gasteiger partial charge in [-0.25, -0.2) is 9.18 Å². The number of ether oxygens (including phenoxy) is 1. The second-order valence-corrected chi connectivity index (χ2v) is 7.11. The molecule has 0 aliphatic heterocycles. The van der Waals surface area contributed by atoms with Crippen LogP contribution in [0.2, 0.25) is 0 Å². The van der Waals surface area contributed by atoms with Crippen LogP contribution in [0.4, 0.5) is 4.39 Å². The fraction of sp³-hybridized carbons (Fsp3) is 0.273. The van der Waals surface area contributed by atoms with Gasteiger partial charge in [0.1, 0.15) is 12.5 Å². The van der Waals surface area contributed by atoms with Gasteiger partial charge in [-0.3, -0.25) is 9.36 Å². The molecule has 0 bridgehead atoms. The molecule has 7 heteroatoms. The van der Waals surface area contributed by atoms with E-state index in [1.807, 2.05) is 44.2 Å². The molecular weight excluding hydrogens is 375 g/mol. The summed E-state index contributed by atoms with van der Waals surface area (Å²) in [6, 6.07) is 15.2. The maximum atomic E-state index is 13.0. The van der Waals surface area contributed by atoms with E-state index in [1.165, 1.54) is 16.7 Å². The molecule has 0 fully saturated rings. The first-order chi connectivity index (χ1) is 13.9. The monoisotopic (exact) mass is 398 g/mol. The van der Waals surface area contributed by atoms with E-state index in [0.29, 0.717) is 11.3 Å². The van der Waals surface area contributed by atoms with Crippen molar-refractivity contribution >= 4 is 0 Å². The third-order valence-electron chi connectivity index (χ3n) is 4.64. The van der Waals surface area contributed by atoms with E-state index in [-0.39, 0.29) is 36.2 Å². The number of hydrogen-bond donors (Lipinski definition) is 1. The third-order valence-corrected chi connectivity index (χ3v) is 4.64. The normalized spacial score (nSPS) is 11.2. The lowest BCUT2D eigenvalue weighted by Gasteiger charge is -2.20. The molecular formula is C22H23FN2O4. The van der Waals surface area contributed by atoms with E-state index in [4.69, 9.17) is 4.74 Å². The molecule has 0 spiro atoms. The fourth-order valence-corrected chi connectivity index (χ4v) is 3.29. The zero-order valence-electron chi connectivity index (χ0n) is 16.3. The van der Waals surface area contributed by atoms with Crippen LogP contribution in [0.15, 0.2) is 64.2 Å². The smallest absolute Gasteiger partial charge is 0.366 e. The van der Waals surface area contributed by atoms with Gasteiger partial charge in [-0.1, -0.05) is 61.0 Å². The van der Waals surface area contributed by atoms with Gasteiger partial charge in [0.2, 0.25) is 0 Å². The highest BCUT2D eigenvalue weighted by molar-refractivity contribution is 5.29. The molecule has 0 aliphatic rings. The van der Waals surface area contributed by atoms with Crippen molar-refractivity contribution in [1.29, 1.82) is 0 Å². The summed E-state index contributed by atoms with van der Waals surface area (Å²) >= 11 is 0. The quantitative estimate of drug-likeness (QED) is 0.620. The van der Waals surface area contributed by atoms with Crippen molar-refractivity contribution in [2.45, 2.75) is 39.5 Å². The summed E-state index contributed by atoms with van der Waals surface area (Å²) in [7, 11) is 0. The first-order valence-electron chi connectivity index (χ1n) is 9.32. The molecule has 152 valence electrons. The van der Waals surface area contributed by atoms with Crippen molar-refractivity contribution in [2.24, 2.45) is 0 Å². The lowest BCUT2D eigenvalue weighted by atomic mass is 9.98. The van der Waals surface area contributed by atoms with Crippen LogP contribution in [0.25, 0.3) is 0 Å². The Labute approximate surface area is 167 Å². The number of rotatable bonds is 7. The SMILES string of the molecule is CC(C)c1c(Cc2ccccc2)c(=O)n(O)c(=O)n1COCc1ccc(F)cc1. The molecule has 0 saturated heterocycles. The third kappa shape index (κ3) is 4.63. The highest BCUT2D eigenvalue weighted by atomic mass is 19.1. The molecule has 1 N–H and O–H groups in total. The summed E-state index contributed by atoms with van der Waals surface area (Å²) in [5.74, 6) is -0.491. The number of benzene rings is 2. The molecule has 1 aromatic heterocycles. The predicted octanol–water partition coefficient (Wildman–Crippen LogP) is 3.27. The van der Waals surface area contributed by atoms with Gasteiger partial charge in [0.15, 0.2) is 0 Å². The van der Waals surface area contributed by atoms with E-state index in [1.54, 1.807) is 12.1 Å². The molecule has 0 unspecified atom stereocenters. The highest BCUT2D eigenvalue weighted by Crippen LogP contribution is 2.19. The Bertz CT molecular complexity index is 1090. The molecule has 29 heavy (non-hydrogen) atoms. The summed E-state index contributed by atoms with van der Waals surface area (Å²) in [5, 5.41) is 10.1. The second kappa shape index (κ2) is 8.87. The van der Waals surface area contributed by atoms with Crippen LogP contribution in [0.5, 0.6) is 0 Å². The van der Waals surface area contributed by atoms with E-state index >= 15 is 0 Å². The topological polar surface area (TPSA) is 73.5 Å². The van der Waals surface area contributed by atoms with E-state index in [0.717, 1.165) is 11.1 Å². The molecule has 3 aromatic rings. The zero-order valence-corrected chi connectivity index (χ0v) is 16.3. The fourth-order valence-electron chi connectivity index (χ4n) is 3.29. The largest absolute Gasteiger partial charge is 0.421 e. The minimum absolute atomic E-state index is 0.130. The summed E-state index contributed by atoms with van der Waals surface area (Å²) < 4.78 is 20.1. The molecule has 2 aromatic carbocycles. The van der Waals surface area contributed by atoms with Crippen LogP contribution in [-0.4, -0.2) is 14.5 Å². The molecule has 6 nitrogen and oxygen atoms in total. The Morgan fingerprint density at radius 1 is 1.00 bits per heavy atom. The molecule has 0 aliphatic carbocycles. The first-order valence-corrected chi connectivity index (χ1v) is 9.32. The number of nitrogens with zero attached hydrogens (tertiary/aromatic N) is 2. The lowest BCUT2D eigenvalue weighted by Crippen LogP contribution is -2.43. The Kier molecular flexibility index (Phi) is 6.29. The van der Waals surface area contributed by atoms with Crippen LogP contribution in [-0.2, 0) is 24.5 Å². The molecule has 0 atom stereocenters. The van der Waals surface area contributed by atoms with Crippen LogP contribution < -0.4 is 11.2 Å². The van der Waals surface area contributed by atoms with Gasteiger partial charge in [0.05, 0.1) is 6.61 Å². The summed E-state index contributed by atoms with van der Waals surface area (Å²) in [5.41, 5.74) is 0.926. The van der Waals surface area contributed by atoms with Crippen LogP contribution in [0.1, 0.15) is 42.1 Å². The Morgan fingerprint density at radius 2 is 1.66 bits per heavy atom. The average Bonchev–Trinajstić information content (AvgIpc) is 2.71. The van der Waals surface area contributed by atoms with E-state index in [9.17, 15) is 19.2 Å².